The first-order valence-corrected chi connectivity index (χ1v) is 4.42. The lowest BCUT2D eigenvalue weighted by Crippen LogP contribution is -2.17. The minimum Gasteiger partial charge on any atom is -0.406 e. The highest BCUT2D eigenvalue weighted by molar-refractivity contribution is 5.79. The molecule has 1 rings (SSSR count). The number of alkyl halides is 3. The van der Waals surface area contributed by atoms with Crippen molar-refractivity contribution in [3.8, 4) is 5.75 Å². The van der Waals surface area contributed by atoms with E-state index in [0.717, 1.165) is 18.2 Å². The number of carbonyl (C=O) groups is 2. The number of rotatable bonds is 4. The Morgan fingerprint density at radius 1 is 1.06 bits per heavy atom. The average Bonchev–Trinajstić information content (AvgIpc) is 2.23. The number of allylic oxidation sites excluding steroid dienone is 1. The van der Waals surface area contributed by atoms with Crippen molar-refractivity contribution in [2.45, 2.75) is 6.36 Å². The largest absolute Gasteiger partial charge is 0.573 e. The van der Waals surface area contributed by atoms with Crippen molar-refractivity contribution in [3.63, 3.8) is 0 Å². The van der Waals surface area contributed by atoms with Gasteiger partial charge in [0.05, 0.1) is 0 Å². The lowest BCUT2D eigenvalue weighted by Gasteiger charge is -2.09. The molecule has 0 saturated heterocycles. The zero-order valence-electron chi connectivity index (χ0n) is 8.40. The second kappa shape index (κ2) is 5.29. The van der Waals surface area contributed by atoms with Gasteiger partial charge in [-0.1, -0.05) is 6.08 Å². The zero-order valence-corrected chi connectivity index (χ0v) is 8.40. The van der Waals surface area contributed by atoms with Crippen LogP contribution in [0.25, 0.3) is 6.08 Å². The van der Waals surface area contributed by atoms with Crippen LogP contribution in [0.15, 0.2) is 24.3 Å². The molecule has 0 aliphatic heterocycles. The molecule has 0 bridgehead atoms. The fraction of sp³-hybridized carbons (Fsp3) is 0.0909. The van der Waals surface area contributed by atoms with Crippen molar-refractivity contribution in [2.24, 2.45) is 0 Å². The van der Waals surface area contributed by atoms with E-state index in [-0.39, 0.29) is 11.1 Å². The predicted octanol–water partition coefficient (Wildman–Crippen LogP) is 2.61. The molecule has 0 heterocycles. The van der Waals surface area contributed by atoms with Crippen molar-refractivity contribution in [3.05, 3.63) is 35.4 Å². The number of hydrogen-bond acceptors (Lipinski definition) is 3. The van der Waals surface area contributed by atoms with E-state index in [1.807, 2.05) is 0 Å². The van der Waals surface area contributed by atoms with Gasteiger partial charge < -0.3 is 4.74 Å². The van der Waals surface area contributed by atoms with Crippen LogP contribution in [0.2, 0.25) is 0 Å². The van der Waals surface area contributed by atoms with Gasteiger partial charge in [-0.2, -0.15) is 0 Å². The number of halogens is 3. The molecule has 17 heavy (non-hydrogen) atoms. The van der Waals surface area contributed by atoms with Crippen molar-refractivity contribution in [1.82, 2.24) is 0 Å². The van der Waals surface area contributed by atoms with Gasteiger partial charge in [0, 0.05) is 5.56 Å². The first-order chi connectivity index (χ1) is 7.94. The molecule has 1 aromatic rings. The number of benzene rings is 1. The van der Waals surface area contributed by atoms with E-state index < -0.39 is 12.1 Å². The zero-order chi connectivity index (χ0) is 12.9. The molecule has 0 aliphatic carbocycles. The summed E-state index contributed by atoms with van der Waals surface area (Å²) in [5.41, 5.74) is 0.290. The Hall–Kier alpha value is -2.11. The van der Waals surface area contributed by atoms with Gasteiger partial charge in [0.2, 0.25) is 0 Å². The van der Waals surface area contributed by atoms with Crippen LogP contribution in [0.5, 0.6) is 5.75 Å². The summed E-state index contributed by atoms with van der Waals surface area (Å²) in [6.45, 7) is 0. The van der Waals surface area contributed by atoms with Crippen molar-refractivity contribution in [1.29, 1.82) is 0 Å². The molecule has 1 aromatic carbocycles. The predicted molar refractivity (Wildman–Crippen MR) is 53.6 cm³/mol. The van der Waals surface area contributed by atoms with Gasteiger partial charge in [-0.3, -0.25) is 9.59 Å². The second-order valence-electron chi connectivity index (χ2n) is 3.00. The molecule has 0 radical (unpaired) electrons. The maximum atomic E-state index is 12.0. The minimum absolute atomic E-state index is 0.0253. The molecule has 90 valence electrons. The van der Waals surface area contributed by atoms with Crippen molar-refractivity contribution < 1.29 is 27.5 Å². The Morgan fingerprint density at radius 2 is 1.71 bits per heavy atom. The number of aldehydes is 2. The third-order valence-electron chi connectivity index (χ3n) is 1.69. The van der Waals surface area contributed by atoms with E-state index >= 15 is 0 Å². The van der Waals surface area contributed by atoms with Crippen LogP contribution in [0.1, 0.15) is 15.9 Å². The maximum Gasteiger partial charge on any atom is 0.573 e. The Bertz CT molecular complexity index is 450. The van der Waals surface area contributed by atoms with E-state index in [4.69, 9.17) is 0 Å². The van der Waals surface area contributed by atoms with Gasteiger partial charge in [-0.25, -0.2) is 0 Å². The lowest BCUT2D eigenvalue weighted by atomic mass is 10.1. The maximum absolute atomic E-state index is 12.0. The summed E-state index contributed by atoms with van der Waals surface area (Å²) in [6, 6.07) is 3.36. The molecule has 3 nitrogen and oxygen atoms in total. The van der Waals surface area contributed by atoms with Crippen LogP contribution < -0.4 is 4.74 Å². The van der Waals surface area contributed by atoms with E-state index in [2.05, 4.69) is 4.74 Å². The number of carbonyl (C=O) groups excluding carboxylic acids is 2. The fourth-order valence-electron chi connectivity index (χ4n) is 1.15. The Morgan fingerprint density at radius 3 is 2.24 bits per heavy atom. The average molecular weight is 244 g/mol. The van der Waals surface area contributed by atoms with Crippen LogP contribution in [-0.4, -0.2) is 18.9 Å². The second-order valence-corrected chi connectivity index (χ2v) is 3.00. The molecule has 0 saturated carbocycles. The third kappa shape index (κ3) is 4.50. The molecule has 0 atom stereocenters. The minimum atomic E-state index is -4.83. The molecule has 0 unspecified atom stereocenters. The molecular weight excluding hydrogens is 237 g/mol. The smallest absolute Gasteiger partial charge is 0.406 e. The number of ether oxygens (including phenoxy) is 1. The van der Waals surface area contributed by atoms with Crippen molar-refractivity contribution in [2.75, 3.05) is 0 Å². The summed E-state index contributed by atoms with van der Waals surface area (Å²) in [5.74, 6) is -0.507. The fourth-order valence-corrected chi connectivity index (χ4v) is 1.15. The molecule has 0 spiro atoms. The molecule has 0 aliphatic rings. The van der Waals surface area contributed by atoms with Crippen LogP contribution >= 0.6 is 0 Å². The SMILES string of the molecule is O=CC=Cc1cc(C=O)cc(OC(F)(F)F)c1. The molecule has 0 N–H and O–H groups in total. The lowest BCUT2D eigenvalue weighted by molar-refractivity contribution is -0.274. The molecule has 0 fully saturated rings. The summed E-state index contributed by atoms with van der Waals surface area (Å²) in [7, 11) is 0. The summed E-state index contributed by atoms with van der Waals surface area (Å²) in [6.07, 6.45) is -1.60. The Kier molecular flexibility index (Phi) is 4.03. The quantitative estimate of drug-likeness (QED) is 0.604. The molecular formula is C11H7F3O3. The first-order valence-electron chi connectivity index (χ1n) is 4.42. The Labute approximate surface area is 94.5 Å². The standard InChI is InChI=1S/C11H7F3O3/c12-11(13,14)17-10-5-8(2-1-3-15)4-9(6-10)7-16/h1-7H. The van der Waals surface area contributed by atoms with Crippen LogP contribution in [0, 0.1) is 0 Å². The Balaban J connectivity index is 3.09. The summed E-state index contributed by atoms with van der Waals surface area (Å²) in [5, 5.41) is 0. The number of hydrogen-bond donors (Lipinski definition) is 0. The van der Waals surface area contributed by atoms with Gasteiger partial charge >= 0.3 is 6.36 Å². The van der Waals surface area contributed by atoms with Crippen LogP contribution in [-0.2, 0) is 4.79 Å². The van der Waals surface area contributed by atoms with Gasteiger partial charge in [-0.15, -0.1) is 13.2 Å². The van der Waals surface area contributed by atoms with E-state index in [1.165, 1.54) is 12.1 Å². The first kappa shape index (κ1) is 13.0. The molecule has 0 aromatic heterocycles. The highest BCUT2D eigenvalue weighted by Gasteiger charge is 2.31. The third-order valence-corrected chi connectivity index (χ3v) is 1.69. The summed E-state index contributed by atoms with van der Waals surface area (Å²) < 4.78 is 39.6. The summed E-state index contributed by atoms with van der Waals surface area (Å²) in [4.78, 5) is 20.6. The summed E-state index contributed by atoms with van der Waals surface area (Å²) >= 11 is 0. The van der Waals surface area contributed by atoms with E-state index in [9.17, 15) is 22.8 Å². The van der Waals surface area contributed by atoms with Crippen LogP contribution in [0.4, 0.5) is 13.2 Å². The van der Waals surface area contributed by atoms with Gasteiger partial charge in [-0.05, 0) is 29.8 Å². The molecule has 0 amide bonds. The van der Waals surface area contributed by atoms with Crippen molar-refractivity contribution >= 4 is 18.6 Å². The van der Waals surface area contributed by atoms with Gasteiger partial charge in [0.1, 0.15) is 18.3 Å². The van der Waals surface area contributed by atoms with Gasteiger partial charge in [0.15, 0.2) is 0 Å². The van der Waals surface area contributed by atoms with E-state index in [0.29, 0.717) is 12.6 Å². The van der Waals surface area contributed by atoms with Gasteiger partial charge in [0.25, 0.3) is 0 Å². The highest BCUT2D eigenvalue weighted by Crippen LogP contribution is 2.25. The highest BCUT2D eigenvalue weighted by atomic mass is 19.4. The molecule has 6 heteroatoms. The normalized spacial score (nSPS) is 11.5. The van der Waals surface area contributed by atoms with E-state index in [1.54, 1.807) is 0 Å². The monoisotopic (exact) mass is 244 g/mol. The van der Waals surface area contributed by atoms with Crippen LogP contribution in [0.3, 0.4) is 0 Å². The topological polar surface area (TPSA) is 43.4 Å².